The lowest BCUT2D eigenvalue weighted by atomic mass is 10.1. The van der Waals surface area contributed by atoms with E-state index in [1.54, 1.807) is 11.1 Å². The molecule has 0 aliphatic heterocycles. The Hall–Kier alpha value is -3.47. The highest BCUT2D eigenvalue weighted by Crippen LogP contribution is 2.24. The Kier molecular flexibility index (Phi) is 4.89. The van der Waals surface area contributed by atoms with Crippen molar-refractivity contribution in [2.45, 2.75) is 6.42 Å². The SMILES string of the molecule is CN(CCc1ccccn1)C(=O)c1ccc2c(c1)nc(-c1ccccc1)n2C. The zero-order chi connectivity index (χ0) is 19.5. The lowest BCUT2D eigenvalue weighted by Crippen LogP contribution is -2.29. The third kappa shape index (κ3) is 3.51. The number of carbonyl (C=O) groups is 1. The zero-order valence-electron chi connectivity index (χ0n) is 16.0. The van der Waals surface area contributed by atoms with E-state index in [1.807, 2.05) is 80.8 Å². The van der Waals surface area contributed by atoms with E-state index in [9.17, 15) is 4.79 Å². The van der Waals surface area contributed by atoms with Crippen molar-refractivity contribution in [1.82, 2.24) is 19.4 Å². The van der Waals surface area contributed by atoms with E-state index in [0.717, 1.165) is 34.5 Å². The molecule has 0 bridgehead atoms. The summed E-state index contributed by atoms with van der Waals surface area (Å²) in [7, 11) is 3.82. The molecule has 0 spiro atoms. The summed E-state index contributed by atoms with van der Waals surface area (Å²) >= 11 is 0. The van der Waals surface area contributed by atoms with Gasteiger partial charge < -0.3 is 9.47 Å². The predicted octanol–water partition coefficient (Wildman–Crippen LogP) is 3.95. The highest BCUT2D eigenvalue weighted by Gasteiger charge is 2.15. The van der Waals surface area contributed by atoms with E-state index in [1.165, 1.54) is 0 Å². The monoisotopic (exact) mass is 370 g/mol. The second-order valence-corrected chi connectivity index (χ2v) is 6.86. The average Bonchev–Trinajstić information content (AvgIpc) is 3.08. The van der Waals surface area contributed by atoms with Gasteiger partial charge in [-0.25, -0.2) is 4.98 Å². The second-order valence-electron chi connectivity index (χ2n) is 6.86. The van der Waals surface area contributed by atoms with Crippen LogP contribution in [0, 0.1) is 0 Å². The average molecular weight is 370 g/mol. The summed E-state index contributed by atoms with van der Waals surface area (Å²) in [6, 6.07) is 21.6. The maximum absolute atomic E-state index is 12.8. The van der Waals surface area contributed by atoms with E-state index in [4.69, 9.17) is 4.98 Å². The Morgan fingerprint density at radius 1 is 1.04 bits per heavy atom. The Bertz CT molecular complexity index is 1100. The van der Waals surface area contributed by atoms with Gasteiger partial charge in [-0.2, -0.15) is 0 Å². The first-order valence-corrected chi connectivity index (χ1v) is 9.31. The Labute approximate surface area is 164 Å². The van der Waals surface area contributed by atoms with Crippen molar-refractivity contribution in [1.29, 1.82) is 0 Å². The number of likely N-dealkylation sites (N-methyl/N-ethyl adjacent to an activating group) is 1. The molecule has 0 aliphatic rings. The van der Waals surface area contributed by atoms with Crippen molar-refractivity contribution in [3.05, 3.63) is 84.2 Å². The number of benzene rings is 2. The van der Waals surface area contributed by atoms with E-state index in [0.29, 0.717) is 12.1 Å². The van der Waals surface area contributed by atoms with Crippen molar-refractivity contribution >= 4 is 16.9 Å². The van der Waals surface area contributed by atoms with Gasteiger partial charge in [0.25, 0.3) is 5.91 Å². The molecule has 0 fully saturated rings. The molecule has 2 aromatic heterocycles. The van der Waals surface area contributed by atoms with Crippen LogP contribution >= 0.6 is 0 Å². The molecule has 0 aliphatic carbocycles. The van der Waals surface area contributed by atoms with Crippen LogP contribution in [0.15, 0.2) is 72.9 Å². The van der Waals surface area contributed by atoms with Crippen molar-refractivity contribution < 1.29 is 4.79 Å². The molecule has 0 saturated heterocycles. The number of hydrogen-bond acceptors (Lipinski definition) is 3. The van der Waals surface area contributed by atoms with Crippen LogP contribution in [0.25, 0.3) is 22.4 Å². The molecule has 28 heavy (non-hydrogen) atoms. The van der Waals surface area contributed by atoms with Crippen molar-refractivity contribution in [3.63, 3.8) is 0 Å². The molecule has 4 aromatic rings. The Morgan fingerprint density at radius 3 is 2.57 bits per heavy atom. The highest BCUT2D eigenvalue weighted by atomic mass is 16.2. The number of aromatic nitrogens is 3. The van der Waals surface area contributed by atoms with Crippen molar-refractivity contribution in [2.75, 3.05) is 13.6 Å². The molecule has 140 valence electrons. The van der Waals surface area contributed by atoms with Crippen molar-refractivity contribution in [2.24, 2.45) is 7.05 Å². The number of fused-ring (bicyclic) bond motifs is 1. The number of carbonyl (C=O) groups excluding carboxylic acids is 1. The van der Waals surface area contributed by atoms with Gasteiger partial charge in [0.05, 0.1) is 11.0 Å². The minimum Gasteiger partial charge on any atom is -0.341 e. The third-order valence-electron chi connectivity index (χ3n) is 4.94. The number of hydrogen-bond donors (Lipinski definition) is 0. The van der Waals surface area contributed by atoms with Gasteiger partial charge in [-0.15, -0.1) is 0 Å². The van der Waals surface area contributed by atoms with Crippen LogP contribution in [-0.4, -0.2) is 38.9 Å². The number of nitrogens with zero attached hydrogens (tertiary/aromatic N) is 4. The minimum atomic E-state index is -0.00950. The number of rotatable bonds is 5. The molecule has 5 nitrogen and oxygen atoms in total. The smallest absolute Gasteiger partial charge is 0.253 e. The molecule has 0 atom stereocenters. The van der Waals surface area contributed by atoms with E-state index < -0.39 is 0 Å². The zero-order valence-corrected chi connectivity index (χ0v) is 16.0. The van der Waals surface area contributed by atoms with E-state index >= 15 is 0 Å². The van der Waals surface area contributed by atoms with Crippen LogP contribution in [0.2, 0.25) is 0 Å². The van der Waals surface area contributed by atoms with Crippen molar-refractivity contribution in [3.8, 4) is 11.4 Å². The van der Waals surface area contributed by atoms with Crippen LogP contribution in [-0.2, 0) is 13.5 Å². The van der Waals surface area contributed by atoms with Gasteiger partial charge >= 0.3 is 0 Å². The summed E-state index contributed by atoms with van der Waals surface area (Å²) in [5.74, 6) is 0.883. The van der Waals surface area contributed by atoms with Crippen LogP contribution < -0.4 is 0 Å². The first kappa shape index (κ1) is 17.9. The molecule has 4 rings (SSSR count). The molecule has 0 radical (unpaired) electrons. The predicted molar refractivity (Wildman–Crippen MR) is 111 cm³/mol. The van der Waals surface area contributed by atoms with Crippen LogP contribution in [0.3, 0.4) is 0 Å². The standard InChI is InChI=1S/C23H22N4O/c1-26(15-13-19-10-6-7-14-24-19)23(28)18-11-12-21-20(16-18)25-22(27(21)2)17-8-4-3-5-9-17/h3-12,14,16H,13,15H2,1-2H3. The molecule has 0 unspecified atom stereocenters. The van der Waals surface area contributed by atoms with E-state index in [2.05, 4.69) is 9.55 Å². The Morgan fingerprint density at radius 2 is 1.82 bits per heavy atom. The van der Waals surface area contributed by atoms with Crippen LogP contribution in [0.5, 0.6) is 0 Å². The Balaban J connectivity index is 1.56. The van der Waals surface area contributed by atoms with Gasteiger partial charge in [0, 0.05) is 50.1 Å². The second kappa shape index (κ2) is 7.64. The molecular weight excluding hydrogens is 348 g/mol. The number of aryl methyl sites for hydroxylation is 1. The summed E-state index contributed by atoms with van der Waals surface area (Å²) in [4.78, 5) is 23.7. The maximum atomic E-state index is 12.8. The number of pyridine rings is 1. The molecule has 2 heterocycles. The topological polar surface area (TPSA) is 51.0 Å². The van der Waals surface area contributed by atoms with E-state index in [-0.39, 0.29) is 5.91 Å². The fraction of sp³-hybridized carbons (Fsp3) is 0.174. The maximum Gasteiger partial charge on any atom is 0.253 e. The fourth-order valence-corrected chi connectivity index (χ4v) is 3.33. The molecule has 1 amide bonds. The van der Waals surface area contributed by atoms with Gasteiger partial charge in [-0.3, -0.25) is 9.78 Å². The number of imidazole rings is 1. The summed E-state index contributed by atoms with van der Waals surface area (Å²) < 4.78 is 2.06. The minimum absolute atomic E-state index is 0.00950. The van der Waals surface area contributed by atoms with Crippen LogP contribution in [0.1, 0.15) is 16.1 Å². The molecular formula is C23H22N4O. The molecule has 5 heteroatoms. The molecule has 0 saturated carbocycles. The third-order valence-corrected chi connectivity index (χ3v) is 4.94. The summed E-state index contributed by atoms with van der Waals surface area (Å²) in [5, 5.41) is 0. The lowest BCUT2D eigenvalue weighted by molar-refractivity contribution is 0.0796. The molecule has 2 aromatic carbocycles. The van der Waals surface area contributed by atoms with Crippen LogP contribution in [0.4, 0.5) is 0 Å². The fourth-order valence-electron chi connectivity index (χ4n) is 3.33. The lowest BCUT2D eigenvalue weighted by Gasteiger charge is -2.17. The largest absolute Gasteiger partial charge is 0.341 e. The highest BCUT2D eigenvalue weighted by molar-refractivity contribution is 5.97. The quantitative estimate of drug-likeness (QED) is 0.534. The summed E-state index contributed by atoms with van der Waals surface area (Å²) in [5.41, 5.74) is 4.52. The normalized spacial score (nSPS) is 10.9. The first-order chi connectivity index (χ1) is 13.6. The van der Waals surface area contributed by atoms with Gasteiger partial charge in [0.2, 0.25) is 0 Å². The summed E-state index contributed by atoms with van der Waals surface area (Å²) in [6.07, 6.45) is 2.50. The van der Waals surface area contributed by atoms with Gasteiger partial charge in [-0.1, -0.05) is 36.4 Å². The van der Waals surface area contributed by atoms with Gasteiger partial charge in [-0.05, 0) is 30.3 Å². The summed E-state index contributed by atoms with van der Waals surface area (Å²) in [6.45, 7) is 0.616. The molecule has 0 N–H and O–H groups in total. The van der Waals surface area contributed by atoms with Gasteiger partial charge in [0.1, 0.15) is 5.82 Å². The number of amides is 1. The van der Waals surface area contributed by atoms with Gasteiger partial charge in [0.15, 0.2) is 0 Å². The first-order valence-electron chi connectivity index (χ1n) is 9.31.